The van der Waals surface area contributed by atoms with Gasteiger partial charge in [-0.15, -0.1) is 0 Å². The van der Waals surface area contributed by atoms with Crippen LogP contribution in [0, 0.1) is 5.92 Å². The van der Waals surface area contributed by atoms with E-state index in [1.54, 1.807) is 0 Å². The van der Waals surface area contributed by atoms with Crippen molar-refractivity contribution in [1.29, 1.82) is 0 Å². The van der Waals surface area contributed by atoms with E-state index < -0.39 is 0 Å². The van der Waals surface area contributed by atoms with Gasteiger partial charge < -0.3 is 14.7 Å². The predicted octanol–water partition coefficient (Wildman–Crippen LogP) is -1.15. The van der Waals surface area contributed by atoms with Gasteiger partial charge in [-0.1, -0.05) is 30.3 Å². The number of benzene rings is 1. The van der Waals surface area contributed by atoms with Gasteiger partial charge in [-0.05, 0) is 31.9 Å². The average Bonchev–Trinajstić information content (AvgIpc) is 3.00. The molecule has 1 aromatic rings. The first-order valence-electron chi connectivity index (χ1n) is 6.55. The number of nitrogens with zero attached hydrogens (tertiary/aromatic N) is 1. The van der Waals surface area contributed by atoms with Crippen molar-refractivity contribution in [3.8, 4) is 0 Å². The Balaban J connectivity index is 0.00000133. The smallest absolute Gasteiger partial charge is 0.615 e. The molecule has 0 spiro atoms. The third-order valence-electron chi connectivity index (χ3n) is 4.13. The molecule has 1 aliphatic heterocycles. The minimum atomic E-state index is -0.141. The van der Waals surface area contributed by atoms with Crippen LogP contribution in [0.15, 0.2) is 42.0 Å². The molecule has 0 aromatic heterocycles. The first kappa shape index (κ1) is 14.4. The summed E-state index contributed by atoms with van der Waals surface area (Å²) in [7, 11) is 1.47. The van der Waals surface area contributed by atoms with Gasteiger partial charge in [-0.2, -0.15) is 0 Å². The van der Waals surface area contributed by atoms with Crippen LogP contribution in [0.25, 0.3) is 0 Å². The van der Waals surface area contributed by atoms with E-state index in [0.717, 1.165) is 25.1 Å². The molecule has 1 heterocycles. The molecule has 1 saturated heterocycles. The van der Waals surface area contributed by atoms with Gasteiger partial charge in [0.25, 0.3) is 0 Å². The number of allylic oxidation sites excluding steroid dienone is 1. The van der Waals surface area contributed by atoms with E-state index in [1.807, 2.05) is 18.2 Å². The maximum absolute atomic E-state index is 11.9. The van der Waals surface area contributed by atoms with Crippen LogP contribution in [0.3, 0.4) is 0 Å². The van der Waals surface area contributed by atoms with Gasteiger partial charge in [0.2, 0.25) is 0 Å². The molecule has 19 heavy (non-hydrogen) atoms. The summed E-state index contributed by atoms with van der Waals surface area (Å²) in [5, 5.41) is 11.9. The third kappa shape index (κ3) is 2.63. The molecule has 2 fully saturated rings. The Morgan fingerprint density at radius 1 is 1.32 bits per heavy atom. The minimum absolute atomic E-state index is 0. The molecular weight excluding hydrogens is 233 g/mol. The summed E-state index contributed by atoms with van der Waals surface area (Å²) in [4.78, 5) is 2.26. The number of fused-ring (bicyclic) bond motifs is 2. The Hall–Kier alpha value is -1.04. The van der Waals surface area contributed by atoms with E-state index in [9.17, 15) is 5.11 Å². The second-order valence-corrected chi connectivity index (χ2v) is 5.15. The summed E-state index contributed by atoms with van der Waals surface area (Å²) in [6, 6.07) is 10.9. The molecule has 2 bridgehead atoms. The second-order valence-electron chi connectivity index (χ2n) is 5.15. The number of piperidine rings is 1. The minimum Gasteiger partial charge on any atom is -0.615 e. The number of hydrogen-bond acceptors (Lipinski definition) is 3. The maximum Gasteiger partial charge on any atom is 1.00 e. The van der Waals surface area contributed by atoms with Crippen LogP contribution < -0.4 is 24.0 Å². The van der Waals surface area contributed by atoms with Crippen LogP contribution in [-0.2, 0) is 11.3 Å². The fourth-order valence-corrected chi connectivity index (χ4v) is 3.30. The second kappa shape index (κ2) is 5.94. The zero-order valence-electron chi connectivity index (χ0n) is 11.6. The molecule has 2 atom stereocenters. The van der Waals surface area contributed by atoms with Crippen LogP contribution in [0.1, 0.15) is 24.8 Å². The van der Waals surface area contributed by atoms with E-state index in [2.05, 4.69) is 17.0 Å². The molecular formula is C15H18LiNO2. The Bertz CT molecular complexity index is 460. The number of hydrogen-bond donors (Lipinski definition) is 0. The van der Waals surface area contributed by atoms with Gasteiger partial charge in [0.15, 0.2) is 0 Å². The SMILES string of the molecule is CO/C([O-])=C1/[C@@H]2CC[C@@H](C2)N1Cc1ccccc1.[Li+]. The van der Waals surface area contributed by atoms with Crippen molar-refractivity contribution < 1.29 is 28.7 Å². The van der Waals surface area contributed by atoms with E-state index in [0.29, 0.717) is 12.0 Å². The van der Waals surface area contributed by atoms with Crippen molar-refractivity contribution in [2.45, 2.75) is 31.8 Å². The van der Waals surface area contributed by atoms with Gasteiger partial charge in [-0.3, -0.25) is 0 Å². The number of methoxy groups -OCH3 is 1. The standard InChI is InChI=1S/C15H19NO2.Li/c1-18-15(17)14-12-7-8-13(9-12)16(14)10-11-5-3-2-4-6-11;/h2-6,12-13,17H,7-10H2,1H3;/q;+1/p-1/b15-14-;/t12-,13+;/m1./s1. The van der Waals surface area contributed by atoms with Crippen molar-refractivity contribution in [2.24, 2.45) is 5.92 Å². The summed E-state index contributed by atoms with van der Waals surface area (Å²) in [5.41, 5.74) is 2.16. The van der Waals surface area contributed by atoms with Gasteiger partial charge in [0.1, 0.15) is 0 Å². The molecule has 1 aromatic carbocycles. The first-order valence-corrected chi connectivity index (χ1v) is 6.55. The topological polar surface area (TPSA) is 35.5 Å². The Morgan fingerprint density at radius 2 is 2.05 bits per heavy atom. The summed E-state index contributed by atoms with van der Waals surface area (Å²) in [5.74, 6) is 0.282. The third-order valence-corrected chi connectivity index (χ3v) is 4.13. The number of likely N-dealkylation sites (tertiary alicyclic amines) is 1. The van der Waals surface area contributed by atoms with Crippen molar-refractivity contribution in [3.63, 3.8) is 0 Å². The van der Waals surface area contributed by atoms with Gasteiger partial charge in [0, 0.05) is 24.2 Å². The van der Waals surface area contributed by atoms with Crippen LogP contribution in [0.5, 0.6) is 0 Å². The molecule has 1 saturated carbocycles. The molecule has 96 valence electrons. The summed E-state index contributed by atoms with van der Waals surface area (Å²) in [6.07, 6.45) is 3.47. The quantitative estimate of drug-likeness (QED) is 0.503. The van der Waals surface area contributed by atoms with Crippen molar-refractivity contribution >= 4 is 0 Å². The largest absolute Gasteiger partial charge is 1.00 e. The maximum atomic E-state index is 11.9. The molecule has 1 aliphatic carbocycles. The van der Waals surface area contributed by atoms with Crippen molar-refractivity contribution in [3.05, 3.63) is 47.5 Å². The molecule has 3 rings (SSSR count). The Labute approximate surface area is 126 Å². The van der Waals surface area contributed by atoms with Crippen LogP contribution in [-0.4, -0.2) is 18.1 Å². The number of rotatable bonds is 3. The summed E-state index contributed by atoms with van der Waals surface area (Å²) < 4.78 is 4.94. The monoisotopic (exact) mass is 251 g/mol. The van der Waals surface area contributed by atoms with Gasteiger partial charge >= 0.3 is 18.9 Å². The Kier molecular flexibility index (Phi) is 4.49. The van der Waals surface area contributed by atoms with Gasteiger partial charge in [0.05, 0.1) is 5.95 Å². The summed E-state index contributed by atoms with van der Waals surface area (Å²) >= 11 is 0. The van der Waals surface area contributed by atoms with E-state index in [4.69, 9.17) is 4.74 Å². The van der Waals surface area contributed by atoms with E-state index in [1.165, 1.54) is 19.1 Å². The molecule has 4 heteroatoms. The van der Waals surface area contributed by atoms with Gasteiger partial charge in [-0.25, -0.2) is 0 Å². The fourth-order valence-electron chi connectivity index (χ4n) is 3.30. The normalized spacial score (nSPS) is 27.1. The molecule has 2 aliphatic rings. The molecule has 0 unspecified atom stereocenters. The van der Waals surface area contributed by atoms with Crippen LogP contribution in [0.2, 0.25) is 0 Å². The first-order chi connectivity index (χ1) is 8.79. The van der Waals surface area contributed by atoms with E-state index in [-0.39, 0.29) is 24.8 Å². The van der Waals surface area contributed by atoms with Crippen LogP contribution >= 0.6 is 0 Å². The zero-order chi connectivity index (χ0) is 12.5. The molecule has 3 nitrogen and oxygen atoms in total. The summed E-state index contributed by atoms with van der Waals surface area (Å²) in [6.45, 7) is 0.826. The molecule has 0 radical (unpaired) electrons. The Morgan fingerprint density at radius 3 is 2.74 bits per heavy atom. The van der Waals surface area contributed by atoms with E-state index >= 15 is 0 Å². The molecule has 0 N–H and O–H groups in total. The molecule has 0 amide bonds. The average molecular weight is 251 g/mol. The number of ether oxygens (including phenoxy) is 1. The zero-order valence-corrected chi connectivity index (χ0v) is 11.6. The van der Waals surface area contributed by atoms with Crippen molar-refractivity contribution in [2.75, 3.05) is 7.11 Å². The van der Waals surface area contributed by atoms with Crippen molar-refractivity contribution in [1.82, 2.24) is 4.90 Å². The fraction of sp³-hybridized carbons (Fsp3) is 0.467. The predicted molar refractivity (Wildman–Crippen MR) is 67.1 cm³/mol. The van der Waals surface area contributed by atoms with Crippen LogP contribution in [0.4, 0.5) is 0 Å².